The lowest BCUT2D eigenvalue weighted by Gasteiger charge is -2.11. The molecule has 0 aliphatic carbocycles. The van der Waals surface area contributed by atoms with Gasteiger partial charge in [-0.3, -0.25) is 0 Å². The first-order chi connectivity index (χ1) is 5.81. The molecule has 0 spiro atoms. The largest absolute Gasteiger partial charge is 0.394 e. The minimum atomic E-state index is -0.298. The number of aliphatic hydroxyl groups excluding tert-OH is 1. The molecule has 0 rings (SSSR count). The molecule has 0 aromatic rings. The fourth-order valence-corrected chi connectivity index (χ4v) is 0.673. The van der Waals surface area contributed by atoms with E-state index in [-0.39, 0.29) is 12.8 Å². The van der Waals surface area contributed by atoms with Gasteiger partial charge >= 0.3 is 0 Å². The van der Waals surface area contributed by atoms with E-state index in [0.717, 1.165) is 0 Å². The Bertz CT molecular complexity index is 92.7. The summed E-state index contributed by atoms with van der Waals surface area (Å²) >= 11 is 0. The molecule has 0 aromatic heterocycles. The number of aliphatic hydroxyl groups is 1. The molecule has 1 atom stereocenters. The Hall–Kier alpha value is -0.200. The first kappa shape index (κ1) is 11.8. The van der Waals surface area contributed by atoms with Crippen molar-refractivity contribution in [2.45, 2.75) is 12.6 Å². The molecule has 0 aliphatic heterocycles. The number of nitrogens with two attached hydrogens (primary N) is 2. The van der Waals surface area contributed by atoms with Gasteiger partial charge in [-0.15, -0.1) is 0 Å². The smallest absolute Gasteiger partial charge is 0.106 e. The van der Waals surface area contributed by atoms with Crippen molar-refractivity contribution in [3.8, 4) is 0 Å². The van der Waals surface area contributed by atoms with Gasteiger partial charge in [0.1, 0.15) is 6.23 Å². The van der Waals surface area contributed by atoms with Crippen LogP contribution < -0.4 is 11.5 Å². The van der Waals surface area contributed by atoms with E-state index in [1.165, 1.54) is 0 Å². The summed E-state index contributed by atoms with van der Waals surface area (Å²) < 4.78 is 10.1. The van der Waals surface area contributed by atoms with Crippen LogP contribution in [0.1, 0.15) is 6.42 Å². The van der Waals surface area contributed by atoms with Gasteiger partial charge in [-0.2, -0.15) is 0 Å². The zero-order valence-corrected chi connectivity index (χ0v) is 7.24. The van der Waals surface area contributed by atoms with Crippen LogP contribution >= 0.6 is 0 Å². The van der Waals surface area contributed by atoms with Gasteiger partial charge in [-0.1, -0.05) is 0 Å². The lowest BCUT2D eigenvalue weighted by Crippen LogP contribution is -2.28. The summed E-state index contributed by atoms with van der Waals surface area (Å²) in [5.74, 6) is 0. The van der Waals surface area contributed by atoms with Crippen LogP contribution in [0.15, 0.2) is 0 Å². The van der Waals surface area contributed by atoms with Crippen molar-refractivity contribution in [3.63, 3.8) is 0 Å². The molecule has 0 saturated heterocycles. The van der Waals surface area contributed by atoms with E-state index in [9.17, 15) is 0 Å². The third kappa shape index (κ3) is 7.90. The number of hydrogen-bond acceptors (Lipinski definition) is 5. The third-order valence-electron chi connectivity index (χ3n) is 1.25. The Labute approximate surface area is 72.6 Å². The van der Waals surface area contributed by atoms with Gasteiger partial charge in [-0.05, 0) is 13.0 Å². The first-order valence-corrected chi connectivity index (χ1v) is 4.07. The Morgan fingerprint density at radius 2 is 2.00 bits per heavy atom. The summed E-state index contributed by atoms with van der Waals surface area (Å²) in [6.45, 7) is 1.81. The van der Waals surface area contributed by atoms with Crippen LogP contribution in [0.3, 0.4) is 0 Å². The van der Waals surface area contributed by atoms with Crippen LogP contribution in [-0.4, -0.2) is 44.3 Å². The molecule has 74 valence electrons. The SMILES string of the molecule is NCCC(N)OCCOCCO. The zero-order valence-electron chi connectivity index (χ0n) is 7.24. The summed E-state index contributed by atoms with van der Waals surface area (Å²) in [7, 11) is 0. The lowest BCUT2D eigenvalue weighted by atomic mass is 10.4. The number of hydrogen-bond donors (Lipinski definition) is 3. The molecular formula is C7H18N2O3. The Kier molecular flexibility index (Phi) is 8.74. The monoisotopic (exact) mass is 178 g/mol. The summed E-state index contributed by atoms with van der Waals surface area (Å²) in [4.78, 5) is 0. The minimum absolute atomic E-state index is 0.0366. The molecule has 0 bridgehead atoms. The highest BCUT2D eigenvalue weighted by atomic mass is 16.5. The van der Waals surface area contributed by atoms with Gasteiger partial charge in [0.05, 0.1) is 26.4 Å². The van der Waals surface area contributed by atoms with E-state index >= 15 is 0 Å². The van der Waals surface area contributed by atoms with Crippen LogP contribution in [-0.2, 0) is 9.47 Å². The Morgan fingerprint density at radius 1 is 1.25 bits per heavy atom. The fourth-order valence-electron chi connectivity index (χ4n) is 0.673. The quantitative estimate of drug-likeness (QED) is 0.315. The van der Waals surface area contributed by atoms with Gasteiger partial charge in [0, 0.05) is 0 Å². The van der Waals surface area contributed by atoms with Crippen molar-refractivity contribution < 1.29 is 14.6 Å². The summed E-state index contributed by atoms with van der Waals surface area (Å²) in [5, 5.41) is 8.35. The Morgan fingerprint density at radius 3 is 2.58 bits per heavy atom. The highest BCUT2D eigenvalue weighted by Gasteiger charge is 1.99. The van der Waals surface area contributed by atoms with Crippen LogP contribution in [0, 0.1) is 0 Å². The molecule has 5 heteroatoms. The highest BCUT2D eigenvalue weighted by molar-refractivity contribution is 4.47. The molecule has 0 saturated carbocycles. The highest BCUT2D eigenvalue weighted by Crippen LogP contribution is 1.88. The molecule has 5 N–H and O–H groups in total. The average molecular weight is 178 g/mol. The minimum Gasteiger partial charge on any atom is -0.394 e. The molecule has 12 heavy (non-hydrogen) atoms. The normalized spacial score (nSPS) is 13.2. The van der Waals surface area contributed by atoms with Crippen LogP contribution in [0.25, 0.3) is 0 Å². The predicted octanol–water partition coefficient (Wildman–Crippen LogP) is -1.35. The topological polar surface area (TPSA) is 90.7 Å². The van der Waals surface area contributed by atoms with Gasteiger partial charge in [0.25, 0.3) is 0 Å². The van der Waals surface area contributed by atoms with Crippen LogP contribution in [0.4, 0.5) is 0 Å². The van der Waals surface area contributed by atoms with Crippen molar-refractivity contribution in [1.82, 2.24) is 0 Å². The van der Waals surface area contributed by atoms with Crippen molar-refractivity contribution >= 4 is 0 Å². The lowest BCUT2D eigenvalue weighted by molar-refractivity contribution is -0.00200. The predicted molar refractivity (Wildman–Crippen MR) is 45.5 cm³/mol. The molecule has 0 aromatic carbocycles. The van der Waals surface area contributed by atoms with Gasteiger partial charge < -0.3 is 26.0 Å². The van der Waals surface area contributed by atoms with Crippen molar-refractivity contribution in [1.29, 1.82) is 0 Å². The summed E-state index contributed by atoms with van der Waals surface area (Å²) in [5.41, 5.74) is 10.7. The second kappa shape index (κ2) is 8.89. The second-order valence-electron chi connectivity index (χ2n) is 2.32. The maximum atomic E-state index is 8.35. The van der Waals surface area contributed by atoms with Crippen molar-refractivity contribution in [2.75, 3.05) is 33.0 Å². The molecule has 0 heterocycles. The molecule has 0 radical (unpaired) electrons. The van der Waals surface area contributed by atoms with E-state index in [1.54, 1.807) is 0 Å². The standard InChI is InChI=1S/C7H18N2O3/c8-2-1-7(9)12-6-5-11-4-3-10/h7,10H,1-6,8-9H2. The zero-order chi connectivity index (χ0) is 9.23. The van der Waals surface area contributed by atoms with Crippen LogP contribution in [0.2, 0.25) is 0 Å². The van der Waals surface area contributed by atoms with Gasteiger partial charge in [-0.25, -0.2) is 0 Å². The summed E-state index contributed by atoms with van der Waals surface area (Å²) in [6, 6.07) is 0. The van der Waals surface area contributed by atoms with Crippen LogP contribution in [0.5, 0.6) is 0 Å². The fraction of sp³-hybridized carbons (Fsp3) is 1.00. The molecule has 0 amide bonds. The van der Waals surface area contributed by atoms with E-state index in [1.807, 2.05) is 0 Å². The maximum Gasteiger partial charge on any atom is 0.106 e. The van der Waals surface area contributed by atoms with E-state index in [4.69, 9.17) is 26.0 Å². The maximum absolute atomic E-state index is 8.35. The summed E-state index contributed by atoms with van der Waals surface area (Å²) in [6.07, 6.45) is 0.354. The number of rotatable bonds is 8. The molecular weight excluding hydrogens is 160 g/mol. The van der Waals surface area contributed by atoms with Gasteiger partial charge in [0.15, 0.2) is 0 Å². The third-order valence-corrected chi connectivity index (χ3v) is 1.25. The van der Waals surface area contributed by atoms with Crippen molar-refractivity contribution in [2.24, 2.45) is 11.5 Å². The van der Waals surface area contributed by atoms with E-state index < -0.39 is 0 Å². The van der Waals surface area contributed by atoms with E-state index in [2.05, 4.69) is 0 Å². The van der Waals surface area contributed by atoms with Gasteiger partial charge in [0.2, 0.25) is 0 Å². The molecule has 0 aliphatic rings. The van der Waals surface area contributed by atoms with E-state index in [0.29, 0.717) is 32.8 Å². The van der Waals surface area contributed by atoms with Crippen molar-refractivity contribution in [3.05, 3.63) is 0 Å². The Balaban J connectivity index is 2.97. The second-order valence-corrected chi connectivity index (χ2v) is 2.32. The first-order valence-electron chi connectivity index (χ1n) is 4.07. The average Bonchev–Trinajstić information content (AvgIpc) is 2.05. The number of ether oxygens (including phenoxy) is 2. The molecule has 5 nitrogen and oxygen atoms in total. The molecule has 0 fully saturated rings. The molecule has 1 unspecified atom stereocenters.